The van der Waals surface area contributed by atoms with Crippen LogP contribution in [0.3, 0.4) is 0 Å². The number of phenolic OH excluding ortho intramolecular Hbond substituents is 1. The van der Waals surface area contributed by atoms with E-state index >= 15 is 0 Å². The van der Waals surface area contributed by atoms with Gasteiger partial charge in [0, 0.05) is 22.7 Å². The van der Waals surface area contributed by atoms with Crippen molar-refractivity contribution in [1.82, 2.24) is 9.97 Å². The van der Waals surface area contributed by atoms with Crippen molar-refractivity contribution in [3.8, 4) is 28.5 Å². The molecule has 120 valence electrons. The number of pyridine rings is 1. The first kappa shape index (κ1) is 15.7. The second-order valence-electron chi connectivity index (χ2n) is 5.00. The highest BCUT2D eigenvalue weighted by Crippen LogP contribution is 2.27. The van der Waals surface area contributed by atoms with Crippen molar-refractivity contribution < 1.29 is 9.52 Å². The van der Waals surface area contributed by atoms with Gasteiger partial charge in [-0.1, -0.05) is 19.9 Å². The molecule has 0 unspecified atom stereocenters. The number of phenols is 1. The number of benzene rings is 2. The quantitative estimate of drug-likeness (QED) is 0.545. The SMILES string of the molecule is CC.Oc1ccc(-c2coc(-c3ccc4ncccc4c3)n2)cc1. The molecule has 4 aromatic rings. The Balaban J connectivity index is 0.000000815. The van der Waals surface area contributed by atoms with Crippen LogP contribution in [0.15, 0.2) is 71.5 Å². The Morgan fingerprint density at radius 1 is 0.917 bits per heavy atom. The summed E-state index contributed by atoms with van der Waals surface area (Å²) in [6.07, 6.45) is 3.39. The largest absolute Gasteiger partial charge is 0.508 e. The zero-order valence-corrected chi connectivity index (χ0v) is 13.6. The van der Waals surface area contributed by atoms with E-state index in [0.29, 0.717) is 5.89 Å². The van der Waals surface area contributed by atoms with Crippen LogP contribution in [0, 0.1) is 0 Å². The topological polar surface area (TPSA) is 59.2 Å². The van der Waals surface area contributed by atoms with Crippen LogP contribution < -0.4 is 0 Å². The summed E-state index contributed by atoms with van der Waals surface area (Å²) in [5.74, 6) is 0.795. The smallest absolute Gasteiger partial charge is 0.226 e. The van der Waals surface area contributed by atoms with Crippen molar-refractivity contribution in [2.45, 2.75) is 13.8 Å². The maximum absolute atomic E-state index is 9.34. The molecule has 0 aliphatic heterocycles. The fraction of sp³-hybridized carbons (Fsp3) is 0.100. The van der Waals surface area contributed by atoms with E-state index in [9.17, 15) is 5.11 Å². The van der Waals surface area contributed by atoms with Crippen molar-refractivity contribution in [1.29, 1.82) is 0 Å². The van der Waals surface area contributed by atoms with Gasteiger partial charge in [-0.3, -0.25) is 4.98 Å². The first-order chi connectivity index (χ1) is 11.8. The van der Waals surface area contributed by atoms with E-state index in [1.54, 1.807) is 36.7 Å². The van der Waals surface area contributed by atoms with E-state index in [1.807, 2.05) is 44.2 Å². The molecule has 4 nitrogen and oxygen atoms in total. The zero-order chi connectivity index (χ0) is 16.9. The summed E-state index contributed by atoms with van der Waals surface area (Å²) >= 11 is 0. The van der Waals surface area contributed by atoms with E-state index in [0.717, 1.165) is 27.7 Å². The summed E-state index contributed by atoms with van der Waals surface area (Å²) in [7, 11) is 0. The van der Waals surface area contributed by atoms with Gasteiger partial charge in [-0.25, -0.2) is 4.98 Å². The lowest BCUT2D eigenvalue weighted by Gasteiger charge is -1.99. The number of fused-ring (bicyclic) bond motifs is 1. The molecule has 0 fully saturated rings. The van der Waals surface area contributed by atoms with E-state index in [2.05, 4.69) is 9.97 Å². The van der Waals surface area contributed by atoms with Crippen LogP contribution >= 0.6 is 0 Å². The Labute approximate surface area is 140 Å². The minimum atomic E-state index is 0.231. The van der Waals surface area contributed by atoms with Gasteiger partial charge in [0.25, 0.3) is 0 Å². The van der Waals surface area contributed by atoms with Gasteiger partial charge in [0.15, 0.2) is 0 Å². The average Bonchev–Trinajstić information content (AvgIpc) is 3.14. The second-order valence-corrected chi connectivity index (χ2v) is 5.00. The Morgan fingerprint density at radius 3 is 2.46 bits per heavy atom. The van der Waals surface area contributed by atoms with Gasteiger partial charge < -0.3 is 9.52 Å². The number of hydrogen-bond acceptors (Lipinski definition) is 4. The van der Waals surface area contributed by atoms with E-state index in [4.69, 9.17) is 4.42 Å². The number of aromatic hydroxyl groups is 1. The summed E-state index contributed by atoms with van der Waals surface area (Å²) in [5.41, 5.74) is 3.48. The summed E-state index contributed by atoms with van der Waals surface area (Å²) in [4.78, 5) is 8.82. The molecule has 0 saturated carbocycles. The van der Waals surface area contributed by atoms with Gasteiger partial charge in [-0.05, 0) is 48.5 Å². The maximum Gasteiger partial charge on any atom is 0.226 e. The molecule has 0 amide bonds. The van der Waals surface area contributed by atoms with Crippen LogP contribution in [0.25, 0.3) is 33.6 Å². The molecule has 0 saturated heterocycles. The van der Waals surface area contributed by atoms with Crippen LogP contribution in [-0.4, -0.2) is 15.1 Å². The van der Waals surface area contributed by atoms with Gasteiger partial charge in [0.1, 0.15) is 17.7 Å². The van der Waals surface area contributed by atoms with Crippen LogP contribution in [0.4, 0.5) is 0 Å². The third kappa shape index (κ3) is 3.13. The fourth-order valence-corrected chi connectivity index (χ4v) is 2.38. The molecule has 0 radical (unpaired) electrons. The predicted molar refractivity (Wildman–Crippen MR) is 95.7 cm³/mol. The van der Waals surface area contributed by atoms with Gasteiger partial charge in [-0.15, -0.1) is 0 Å². The van der Waals surface area contributed by atoms with Crippen LogP contribution in [0.5, 0.6) is 5.75 Å². The average molecular weight is 318 g/mol. The van der Waals surface area contributed by atoms with Crippen molar-refractivity contribution in [2.75, 3.05) is 0 Å². The van der Waals surface area contributed by atoms with E-state index < -0.39 is 0 Å². The zero-order valence-electron chi connectivity index (χ0n) is 13.6. The van der Waals surface area contributed by atoms with Crippen molar-refractivity contribution in [2.24, 2.45) is 0 Å². The van der Waals surface area contributed by atoms with Crippen LogP contribution in [0.1, 0.15) is 13.8 Å². The second kappa shape index (κ2) is 6.96. The molecule has 0 atom stereocenters. The lowest BCUT2D eigenvalue weighted by molar-refractivity contribution is 0.475. The lowest BCUT2D eigenvalue weighted by Crippen LogP contribution is -1.82. The Hall–Kier alpha value is -3.14. The molecule has 0 bridgehead atoms. The third-order valence-corrected chi connectivity index (χ3v) is 3.52. The molecule has 0 aliphatic rings. The van der Waals surface area contributed by atoms with Crippen molar-refractivity contribution in [3.05, 3.63) is 67.1 Å². The first-order valence-electron chi connectivity index (χ1n) is 7.90. The molecular formula is C20H18N2O2. The first-order valence-corrected chi connectivity index (χ1v) is 7.90. The Bertz CT molecular complexity index is 943. The van der Waals surface area contributed by atoms with Gasteiger partial charge in [-0.2, -0.15) is 0 Å². The molecule has 1 N–H and O–H groups in total. The molecular weight excluding hydrogens is 300 g/mol. The molecule has 4 rings (SSSR count). The number of aromatic nitrogens is 2. The van der Waals surface area contributed by atoms with E-state index in [1.165, 1.54) is 0 Å². The Kier molecular flexibility index (Phi) is 4.57. The summed E-state index contributed by atoms with van der Waals surface area (Å²) < 4.78 is 5.59. The van der Waals surface area contributed by atoms with Crippen molar-refractivity contribution in [3.63, 3.8) is 0 Å². The third-order valence-electron chi connectivity index (χ3n) is 3.52. The van der Waals surface area contributed by atoms with Gasteiger partial charge in [0.2, 0.25) is 5.89 Å². The normalized spacial score (nSPS) is 10.2. The summed E-state index contributed by atoms with van der Waals surface area (Å²) in [5, 5.41) is 10.4. The predicted octanol–water partition coefficient (Wildman–Crippen LogP) is 5.29. The van der Waals surface area contributed by atoms with Crippen LogP contribution in [0.2, 0.25) is 0 Å². The highest BCUT2D eigenvalue weighted by Gasteiger charge is 2.09. The minimum Gasteiger partial charge on any atom is -0.508 e. The highest BCUT2D eigenvalue weighted by atomic mass is 16.3. The van der Waals surface area contributed by atoms with Crippen LogP contribution in [-0.2, 0) is 0 Å². The van der Waals surface area contributed by atoms with Crippen molar-refractivity contribution >= 4 is 10.9 Å². The Morgan fingerprint density at radius 2 is 1.67 bits per heavy atom. The van der Waals surface area contributed by atoms with E-state index in [-0.39, 0.29) is 5.75 Å². The molecule has 24 heavy (non-hydrogen) atoms. The highest BCUT2D eigenvalue weighted by molar-refractivity contribution is 5.83. The number of nitrogens with zero attached hydrogens (tertiary/aromatic N) is 2. The van der Waals surface area contributed by atoms with Gasteiger partial charge in [0.05, 0.1) is 5.52 Å². The maximum atomic E-state index is 9.34. The summed E-state index contributed by atoms with van der Waals surface area (Å²) in [6.45, 7) is 4.00. The fourth-order valence-electron chi connectivity index (χ4n) is 2.38. The molecule has 2 aromatic carbocycles. The monoisotopic (exact) mass is 318 g/mol. The number of rotatable bonds is 2. The molecule has 2 heterocycles. The standard InChI is InChI=1S/C18H12N2O2.C2H6/c21-15-6-3-12(4-7-15)17-11-22-18(20-17)14-5-8-16-13(10-14)2-1-9-19-16;1-2/h1-11,21H;1-2H3. The number of hydrogen-bond donors (Lipinski definition) is 1. The molecule has 0 spiro atoms. The molecule has 0 aliphatic carbocycles. The number of oxazole rings is 1. The molecule has 4 heteroatoms. The minimum absolute atomic E-state index is 0.231. The molecule has 2 aromatic heterocycles. The van der Waals surface area contributed by atoms with Gasteiger partial charge >= 0.3 is 0 Å². The summed E-state index contributed by atoms with van der Waals surface area (Å²) in [6, 6.07) is 16.7. The lowest BCUT2D eigenvalue weighted by atomic mass is 10.1.